The Kier molecular flexibility index (Phi) is 4.29. The summed E-state index contributed by atoms with van der Waals surface area (Å²) in [5.74, 6) is -0.346. The molecule has 0 saturated heterocycles. The molecule has 1 fully saturated rings. The Morgan fingerprint density at radius 1 is 1.44 bits per heavy atom. The van der Waals surface area contributed by atoms with E-state index in [1.54, 1.807) is 6.07 Å². The summed E-state index contributed by atoms with van der Waals surface area (Å²) in [7, 11) is 2.13. The predicted molar refractivity (Wildman–Crippen MR) is 68.5 cm³/mol. The molecule has 0 unspecified atom stereocenters. The Balaban J connectivity index is 1.75. The molecule has 0 aromatic heterocycles. The molecule has 1 aromatic carbocycles. The van der Waals surface area contributed by atoms with E-state index in [1.165, 1.54) is 25.0 Å². The van der Waals surface area contributed by atoms with Crippen LogP contribution in [0.3, 0.4) is 0 Å². The van der Waals surface area contributed by atoms with E-state index in [1.807, 2.05) is 6.07 Å². The molecule has 0 radical (unpaired) electrons. The topological polar surface area (TPSA) is 39.1 Å². The van der Waals surface area contributed by atoms with Crippen LogP contribution in [-0.2, 0) is 6.54 Å². The molecule has 0 bridgehead atoms. The fourth-order valence-electron chi connectivity index (χ4n) is 2.00. The van der Waals surface area contributed by atoms with Gasteiger partial charge in [0.1, 0.15) is 5.82 Å². The Morgan fingerprint density at radius 2 is 2.22 bits per heavy atom. The van der Waals surface area contributed by atoms with Crippen LogP contribution < -0.4 is 5.32 Å². The van der Waals surface area contributed by atoms with Crippen LogP contribution in [0.25, 0.3) is 0 Å². The lowest BCUT2D eigenvalue weighted by atomic mass is 10.1. The van der Waals surface area contributed by atoms with Crippen LogP contribution >= 0.6 is 0 Å². The lowest BCUT2D eigenvalue weighted by Gasteiger charge is -2.15. The highest BCUT2D eigenvalue weighted by Crippen LogP contribution is 2.24. The van der Waals surface area contributed by atoms with E-state index in [9.17, 15) is 4.39 Å². The van der Waals surface area contributed by atoms with Crippen molar-refractivity contribution in [2.45, 2.75) is 25.4 Å². The van der Waals surface area contributed by atoms with Gasteiger partial charge in [-0.05, 0) is 43.7 Å². The Morgan fingerprint density at radius 3 is 2.89 bits per heavy atom. The van der Waals surface area contributed by atoms with Crippen molar-refractivity contribution >= 4 is 0 Å². The summed E-state index contributed by atoms with van der Waals surface area (Å²) in [6.45, 7) is 2.49. The van der Waals surface area contributed by atoms with Crippen LogP contribution in [0.15, 0.2) is 18.2 Å². The van der Waals surface area contributed by atoms with Crippen molar-refractivity contribution in [3.63, 3.8) is 0 Å². The molecular formula is C14H18FN3. The number of nitrogens with one attached hydrogen (secondary N) is 1. The van der Waals surface area contributed by atoms with Crippen molar-refractivity contribution in [2.24, 2.45) is 0 Å². The quantitative estimate of drug-likeness (QED) is 0.780. The van der Waals surface area contributed by atoms with Crippen molar-refractivity contribution in [2.75, 3.05) is 20.1 Å². The fourth-order valence-corrected chi connectivity index (χ4v) is 2.00. The van der Waals surface area contributed by atoms with Crippen LogP contribution in [0.4, 0.5) is 4.39 Å². The number of rotatable bonds is 6. The van der Waals surface area contributed by atoms with Gasteiger partial charge in [-0.3, -0.25) is 0 Å². The average Bonchev–Trinajstić information content (AvgIpc) is 3.17. The van der Waals surface area contributed by atoms with Crippen LogP contribution in [0, 0.1) is 17.1 Å². The highest BCUT2D eigenvalue weighted by atomic mass is 19.1. The van der Waals surface area contributed by atoms with Crippen molar-refractivity contribution in [1.82, 2.24) is 10.2 Å². The maximum atomic E-state index is 13.2. The van der Waals surface area contributed by atoms with Crippen LogP contribution in [0.5, 0.6) is 0 Å². The highest BCUT2D eigenvalue weighted by Gasteiger charge is 2.25. The van der Waals surface area contributed by atoms with Gasteiger partial charge in [0.25, 0.3) is 0 Å². The van der Waals surface area contributed by atoms with Gasteiger partial charge in [0, 0.05) is 25.7 Å². The van der Waals surface area contributed by atoms with Gasteiger partial charge in [0.15, 0.2) is 0 Å². The zero-order valence-corrected chi connectivity index (χ0v) is 10.6. The summed E-state index contributed by atoms with van der Waals surface area (Å²) < 4.78 is 13.2. The van der Waals surface area contributed by atoms with E-state index in [-0.39, 0.29) is 5.82 Å². The lowest BCUT2D eigenvalue weighted by Crippen LogP contribution is -2.30. The number of hydrogen-bond donors (Lipinski definition) is 1. The second-order valence-corrected chi connectivity index (χ2v) is 4.85. The molecule has 0 heterocycles. The summed E-state index contributed by atoms with van der Waals surface area (Å²) in [4.78, 5) is 2.35. The first-order valence-electron chi connectivity index (χ1n) is 6.29. The van der Waals surface area contributed by atoms with Gasteiger partial charge < -0.3 is 10.2 Å². The lowest BCUT2D eigenvalue weighted by molar-refractivity contribution is 0.321. The molecule has 1 N–H and O–H groups in total. The molecule has 1 saturated carbocycles. The molecule has 1 aliphatic carbocycles. The van der Waals surface area contributed by atoms with Crippen molar-refractivity contribution in [1.29, 1.82) is 5.26 Å². The van der Waals surface area contributed by atoms with Crippen molar-refractivity contribution < 1.29 is 4.39 Å². The minimum absolute atomic E-state index is 0.346. The van der Waals surface area contributed by atoms with E-state index in [2.05, 4.69) is 17.3 Å². The van der Waals surface area contributed by atoms with E-state index in [0.29, 0.717) is 12.1 Å². The maximum absolute atomic E-state index is 13.2. The molecule has 96 valence electrons. The standard InChI is InChI=1S/C14H18FN3/c1-18(14-2-3-14)5-4-17-10-12-6-11(9-16)7-13(15)8-12/h6-8,14,17H,2-5,10H2,1H3. The minimum atomic E-state index is -0.346. The third-order valence-electron chi connectivity index (χ3n) is 3.23. The normalized spacial score (nSPS) is 14.8. The number of halogens is 1. The van der Waals surface area contributed by atoms with Crippen LogP contribution in [0.2, 0.25) is 0 Å². The van der Waals surface area contributed by atoms with Gasteiger partial charge in [-0.2, -0.15) is 5.26 Å². The largest absolute Gasteiger partial charge is 0.311 e. The van der Waals surface area contributed by atoms with Gasteiger partial charge in [-0.1, -0.05) is 0 Å². The summed E-state index contributed by atoms with van der Waals surface area (Å²) in [5.41, 5.74) is 1.20. The van der Waals surface area contributed by atoms with E-state index >= 15 is 0 Å². The van der Waals surface area contributed by atoms with Gasteiger partial charge >= 0.3 is 0 Å². The molecule has 0 spiro atoms. The molecule has 0 aliphatic heterocycles. The van der Waals surface area contributed by atoms with Crippen LogP contribution in [-0.4, -0.2) is 31.1 Å². The first kappa shape index (κ1) is 13.0. The number of nitriles is 1. The zero-order chi connectivity index (χ0) is 13.0. The number of hydrogen-bond acceptors (Lipinski definition) is 3. The van der Waals surface area contributed by atoms with Gasteiger partial charge in [-0.25, -0.2) is 4.39 Å². The van der Waals surface area contributed by atoms with Crippen molar-refractivity contribution in [3.8, 4) is 6.07 Å². The third-order valence-corrected chi connectivity index (χ3v) is 3.23. The summed E-state index contributed by atoms with van der Waals surface area (Å²) in [6.07, 6.45) is 2.62. The van der Waals surface area contributed by atoms with E-state index in [4.69, 9.17) is 5.26 Å². The molecule has 18 heavy (non-hydrogen) atoms. The van der Waals surface area contributed by atoms with E-state index < -0.39 is 0 Å². The fraction of sp³-hybridized carbons (Fsp3) is 0.500. The highest BCUT2D eigenvalue weighted by molar-refractivity contribution is 5.33. The first-order chi connectivity index (χ1) is 8.69. The number of likely N-dealkylation sites (N-methyl/N-ethyl adjacent to an activating group) is 1. The van der Waals surface area contributed by atoms with Gasteiger partial charge in [0.2, 0.25) is 0 Å². The Bertz CT molecular complexity index is 449. The molecule has 0 amide bonds. The summed E-state index contributed by atoms with van der Waals surface area (Å²) >= 11 is 0. The van der Waals surface area contributed by atoms with Gasteiger partial charge in [0.05, 0.1) is 11.6 Å². The molecule has 2 rings (SSSR count). The molecule has 3 nitrogen and oxygen atoms in total. The van der Waals surface area contributed by atoms with Crippen LogP contribution in [0.1, 0.15) is 24.0 Å². The average molecular weight is 247 g/mol. The summed E-state index contributed by atoms with van der Waals surface area (Å²) in [6, 6.07) is 7.18. The number of benzene rings is 1. The SMILES string of the molecule is CN(CCNCc1cc(F)cc(C#N)c1)C1CC1. The molecule has 1 aliphatic rings. The summed E-state index contributed by atoms with van der Waals surface area (Å²) in [5, 5.41) is 12.0. The monoisotopic (exact) mass is 247 g/mol. The Labute approximate surface area is 107 Å². The minimum Gasteiger partial charge on any atom is -0.311 e. The molecule has 4 heteroatoms. The smallest absolute Gasteiger partial charge is 0.124 e. The zero-order valence-electron chi connectivity index (χ0n) is 10.6. The Hall–Kier alpha value is -1.44. The second-order valence-electron chi connectivity index (χ2n) is 4.85. The van der Waals surface area contributed by atoms with Crippen molar-refractivity contribution in [3.05, 3.63) is 35.1 Å². The third kappa shape index (κ3) is 3.80. The van der Waals surface area contributed by atoms with E-state index in [0.717, 1.165) is 24.7 Å². The maximum Gasteiger partial charge on any atom is 0.124 e. The molecule has 1 aromatic rings. The van der Waals surface area contributed by atoms with Gasteiger partial charge in [-0.15, -0.1) is 0 Å². The first-order valence-corrected chi connectivity index (χ1v) is 6.29. The second kappa shape index (κ2) is 5.94. The molecule has 0 atom stereocenters. The molecular weight excluding hydrogens is 229 g/mol. The number of nitrogens with zero attached hydrogens (tertiary/aromatic N) is 2. The predicted octanol–water partition coefficient (Wildman–Crippen LogP) is 1.88.